The van der Waals surface area contributed by atoms with E-state index in [1.807, 2.05) is 0 Å². The van der Waals surface area contributed by atoms with Gasteiger partial charge in [0.1, 0.15) is 0 Å². The Bertz CT molecular complexity index is 444. The van der Waals surface area contributed by atoms with Gasteiger partial charge in [0.2, 0.25) is 0 Å². The van der Waals surface area contributed by atoms with Crippen molar-refractivity contribution >= 4 is 17.6 Å². The molecule has 0 fully saturated rings. The lowest BCUT2D eigenvalue weighted by atomic mass is 10.0. The maximum Gasteiger partial charge on any atom is 0.280 e. The van der Waals surface area contributed by atoms with Crippen molar-refractivity contribution < 1.29 is 10.0 Å². The Labute approximate surface area is 98.9 Å². The number of hydrogen-bond acceptors (Lipinski definition) is 5. The molecule has 0 spiro atoms. The molecule has 6 heteroatoms. The fourth-order valence-electron chi connectivity index (χ4n) is 1.38. The second kappa shape index (κ2) is 4.92. The third kappa shape index (κ3) is 3.01. The van der Waals surface area contributed by atoms with Gasteiger partial charge in [-0.25, -0.2) is 0 Å². The molecule has 0 atom stereocenters. The summed E-state index contributed by atoms with van der Waals surface area (Å²) in [7, 11) is 0. The minimum atomic E-state index is -0.604. The van der Waals surface area contributed by atoms with Gasteiger partial charge in [-0.3, -0.25) is 10.1 Å². The first kappa shape index (κ1) is 13.1. The Morgan fingerprint density at radius 1 is 1.59 bits per heavy atom. The third-order valence-electron chi connectivity index (χ3n) is 2.29. The first-order valence-electron chi connectivity index (χ1n) is 5.08. The van der Waals surface area contributed by atoms with Gasteiger partial charge in [-0.2, -0.15) is 0 Å². The summed E-state index contributed by atoms with van der Waals surface area (Å²) in [5.41, 5.74) is -0.0569. The van der Waals surface area contributed by atoms with Crippen molar-refractivity contribution in [3.8, 4) is 0 Å². The molecule has 0 bridgehead atoms. The molecule has 0 saturated heterocycles. The summed E-state index contributed by atoms with van der Waals surface area (Å²) >= 11 is 0. The van der Waals surface area contributed by atoms with E-state index in [1.165, 1.54) is 6.07 Å². The van der Waals surface area contributed by atoms with Crippen molar-refractivity contribution in [3.63, 3.8) is 0 Å². The minimum Gasteiger partial charge on any atom is -0.394 e. The Balaban J connectivity index is 3.21. The highest BCUT2D eigenvalue weighted by molar-refractivity contribution is 5.91. The Hall–Kier alpha value is -1.95. The molecule has 1 rings (SSSR count). The number of nitro groups is 1. The molecule has 6 nitrogen and oxygen atoms in total. The van der Waals surface area contributed by atoms with E-state index in [-0.39, 0.29) is 17.9 Å². The molecule has 1 aromatic carbocycles. The first-order valence-corrected chi connectivity index (χ1v) is 5.08. The second-order valence-electron chi connectivity index (χ2n) is 4.31. The van der Waals surface area contributed by atoms with Crippen molar-refractivity contribution in [2.24, 2.45) is 0 Å². The predicted molar refractivity (Wildman–Crippen MR) is 65.8 cm³/mol. The Kier molecular flexibility index (Phi) is 3.80. The van der Waals surface area contributed by atoms with Crippen LogP contribution in [0.4, 0.5) is 11.4 Å². The van der Waals surface area contributed by atoms with E-state index in [0.717, 1.165) is 6.21 Å². The first-order chi connectivity index (χ1) is 7.91. The zero-order valence-electron chi connectivity index (χ0n) is 9.73. The summed E-state index contributed by atoms with van der Waals surface area (Å²) in [5, 5.41) is 30.2. The number of aliphatic hydroxyl groups is 1. The zero-order chi connectivity index (χ0) is 13.1. The normalized spacial score (nSPS) is 11.0. The highest BCUT2D eigenvalue weighted by Gasteiger charge is 2.21. The van der Waals surface area contributed by atoms with Gasteiger partial charge in [0.05, 0.1) is 28.3 Å². The van der Waals surface area contributed by atoms with Crippen LogP contribution in [0.15, 0.2) is 18.2 Å². The van der Waals surface area contributed by atoms with E-state index in [2.05, 4.69) is 5.32 Å². The predicted octanol–water partition coefficient (Wildman–Crippen LogP) is 1.78. The highest BCUT2D eigenvalue weighted by Crippen LogP contribution is 2.26. The zero-order valence-corrected chi connectivity index (χ0v) is 9.73. The Morgan fingerprint density at radius 2 is 2.24 bits per heavy atom. The molecule has 0 aliphatic rings. The van der Waals surface area contributed by atoms with Gasteiger partial charge in [-0.05, 0) is 19.9 Å². The summed E-state index contributed by atoms with van der Waals surface area (Å²) < 4.78 is 0. The number of nitro benzene ring substituents is 1. The smallest absolute Gasteiger partial charge is 0.280 e. The molecule has 3 N–H and O–H groups in total. The average Bonchev–Trinajstić information content (AvgIpc) is 2.28. The van der Waals surface area contributed by atoms with Crippen molar-refractivity contribution in [2.45, 2.75) is 19.4 Å². The van der Waals surface area contributed by atoms with Crippen LogP contribution in [0, 0.1) is 15.5 Å². The van der Waals surface area contributed by atoms with E-state index in [4.69, 9.17) is 10.5 Å². The van der Waals surface area contributed by atoms with Gasteiger partial charge in [0.15, 0.2) is 0 Å². The molecule has 0 saturated carbocycles. The molecule has 0 aliphatic heterocycles. The quantitative estimate of drug-likeness (QED) is 0.413. The van der Waals surface area contributed by atoms with Crippen LogP contribution in [-0.4, -0.2) is 28.4 Å². The molecule has 0 aromatic heterocycles. The fourth-order valence-corrected chi connectivity index (χ4v) is 1.38. The number of benzene rings is 1. The topological polar surface area (TPSA) is 99.2 Å². The van der Waals surface area contributed by atoms with Crippen LogP contribution in [0.2, 0.25) is 0 Å². The third-order valence-corrected chi connectivity index (χ3v) is 2.29. The number of hydrogen-bond donors (Lipinski definition) is 3. The molecule has 1 aromatic rings. The maximum absolute atomic E-state index is 10.8. The largest absolute Gasteiger partial charge is 0.394 e. The average molecular weight is 237 g/mol. The van der Waals surface area contributed by atoms with Gasteiger partial charge in [-0.1, -0.05) is 6.07 Å². The summed E-state index contributed by atoms with van der Waals surface area (Å²) in [4.78, 5) is 10.3. The maximum atomic E-state index is 10.8. The van der Waals surface area contributed by atoms with Gasteiger partial charge in [0.25, 0.3) is 5.69 Å². The van der Waals surface area contributed by atoms with Crippen molar-refractivity contribution in [2.75, 3.05) is 11.9 Å². The monoisotopic (exact) mass is 237 g/mol. The lowest BCUT2D eigenvalue weighted by molar-refractivity contribution is -0.384. The standard InChI is InChI=1S/C11H15N3O3/c1-11(2,7-15)13-9-4-3-5-10(14(16)17)8(9)6-12/h3-6,12-13,15H,7H2,1-2H3. The Morgan fingerprint density at radius 3 is 2.71 bits per heavy atom. The number of aliphatic hydroxyl groups excluding tert-OH is 1. The van der Waals surface area contributed by atoms with Gasteiger partial charge in [-0.15, -0.1) is 0 Å². The summed E-state index contributed by atoms with van der Waals surface area (Å²) in [6.07, 6.45) is 0.938. The highest BCUT2D eigenvalue weighted by atomic mass is 16.6. The second-order valence-corrected chi connectivity index (χ2v) is 4.31. The summed E-state index contributed by atoms with van der Waals surface area (Å²) in [6, 6.07) is 4.53. The summed E-state index contributed by atoms with van der Waals surface area (Å²) in [5.74, 6) is 0. The molecule has 0 amide bonds. The van der Waals surface area contributed by atoms with Crippen molar-refractivity contribution in [1.82, 2.24) is 0 Å². The van der Waals surface area contributed by atoms with E-state index in [1.54, 1.807) is 26.0 Å². The number of anilines is 1. The van der Waals surface area contributed by atoms with Crippen LogP contribution in [0.25, 0.3) is 0 Å². The molecule has 0 radical (unpaired) electrons. The lowest BCUT2D eigenvalue weighted by Crippen LogP contribution is -2.35. The van der Waals surface area contributed by atoms with Crippen molar-refractivity contribution in [3.05, 3.63) is 33.9 Å². The van der Waals surface area contributed by atoms with E-state index in [9.17, 15) is 10.1 Å². The molecule has 0 heterocycles. The molecular formula is C11H15N3O3. The van der Waals surface area contributed by atoms with Gasteiger partial charge in [0, 0.05) is 12.3 Å². The van der Waals surface area contributed by atoms with Crippen LogP contribution >= 0.6 is 0 Å². The van der Waals surface area contributed by atoms with Gasteiger partial charge >= 0.3 is 0 Å². The van der Waals surface area contributed by atoms with Crippen LogP contribution in [0.1, 0.15) is 19.4 Å². The molecule has 17 heavy (non-hydrogen) atoms. The van der Waals surface area contributed by atoms with Crippen LogP contribution in [-0.2, 0) is 0 Å². The van der Waals surface area contributed by atoms with Crippen LogP contribution in [0.5, 0.6) is 0 Å². The fraction of sp³-hybridized carbons (Fsp3) is 0.364. The van der Waals surface area contributed by atoms with Crippen LogP contribution in [0.3, 0.4) is 0 Å². The van der Waals surface area contributed by atoms with E-state index in [0.29, 0.717) is 5.69 Å². The van der Waals surface area contributed by atoms with E-state index >= 15 is 0 Å². The van der Waals surface area contributed by atoms with Crippen molar-refractivity contribution in [1.29, 1.82) is 5.41 Å². The lowest BCUT2D eigenvalue weighted by Gasteiger charge is -2.25. The molecule has 92 valence electrons. The minimum absolute atomic E-state index is 0.118. The van der Waals surface area contributed by atoms with E-state index < -0.39 is 10.5 Å². The summed E-state index contributed by atoms with van der Waals surface area (Å²) in [6.45, 7) is 3.41. The number of nitrogens with one attached hydrogen (secondary N) is 2. The molecule has 0 aliphatic carbocycles. The number of nitrogens with zero attached hydrogens (tertiary/aromatic N) is 1. The van der Waals surface area contributed by atoms with Gasteiger partial charge < -0.3 is 15.8 Å². The molecule has 0 unspecified atom stereocenters. The van der Waals surface area contributed by atoms with Crippen LogP contribution < -0.4 is 5.32 Å². The molecular weight excluding hydrogens is 222 g/mol. The SMILES string of the molecule is CC(C)(CO)Nc1cccc([N+](=O)[O-])c1C=N. The number of rotatable bonds is 5.